The van der Waals surface area contributed by atoms with E-state index in [1.165, 1.54) is 25.3 Å². The highest BCUT2D eigenvalue weighted by Gasteiger charge is 2.31. The van der Waals surface area contributed by atoms with Crippen LogP contribution in [0.3, 0.4) is 0 Å². The molecule has 0 spiro atoms. The molecule has 0 saturated carbocycles. The first-order valence-electron chi connectivity index (χ1n) is 9.92. The van der Waals surface area contributed by atoms with Crippen molar-refractivity contribution in [2.75, 3.05) is 7.11 Å². The summed E-state index contributed by atoms with van der Waals surface area (Å²) in [5.74, 6) is -0.127. The van der Waals surface area contributed by atoms with Crippen LogP contribution < -0.4 is 9.47 Å². The second-order valence-electron chi connectivity index (χ2n) is 6.95. The molecule has 2 aromatic heterocycles. The first-order valence-corrected chi connectivity index (χ1v) is 9.92. The van der Waals surface area contributed by atoms with Gasteiger partial charge < -0.3 is 9.47 Å². The van der Waals surface area contributed by atoms with Gasteiger partial charge in [0, 0.05) is 11.6 Å². The number of ether oxygens (including phenoxy) is 2. The van der Waals surface area contributed by atoms with E-state index in [0.717, 1.165) is 29.9 Å². The van der Waals surface area contributed by atoms with Gasteiger partial charge in [-0.2, -0.15) is 5.10 Å². The van der Waals surface area contributed by atoms with E-state index in [4.69, 9.17) is 14.7 Å². The fourth-order valence-electron chi connectivity index (χ4n) is 3.53. The van der Waals surface area contributed by atoms with Crippen molar-refractivity contribution in [3.05, 3.63) is 29.6 Å². The van der Waals surface area contributed by atoms with Crippen LogP contribution in [0.25, 0.3) is 22.4 Å². The molecule has 0 unspecified atom stereocenters. The zero-order valence-corrected chi connectivity index (χ0v) is 17.7. The van der Waals surface area contributed by atoms with E-state index >= 15 is 0 Å². The van der Waals surface area contributed by atoms with Crippen molar-refractivity contribution in [3.63, 3.8) is 0 Å². The third-order valence-corrected chi connectivity index (χ3v) is 5.05. The van der Waals surface area contributed by atoms with Gasteiger partial charge in [0.05, 0.1) is 30.2 Å². The van der Waals surface area contributed by atoms with Gasteiger partial charge in [-0.05, 0) is 38.3 Å². The van der Waals surface area contributed by atoms with Crippen LogP contribution in [0.4, 0.5) is 13.2 Å². The van der Waals surface area contributed by atoms with Crippen LogP contribution in [0, 0.1) is 6.92 Å². The minimum absolute atomic E-state index is 0.222. The molecule has 0 saturated heterocycles. The molecule has 0 aliphatic rings. The van der Waals surface area contributed by atoms with Gasteiger partial charge in [-0.1, -0.05) is 20.8 Å². The summed E-state index contributed by atoms with van der Waals surface area (Å²) in [6, 6.07) is 4.18. The molecule has 2 heterocycles. The van der Waals surface area contributed by atoms with Crippen molar-refractivity contribution in [1.82, 2.24) is 19.7 Å². The van der Waals surface area contributed by atoms with E-state index in [2.05, 4.69) is 23.7 Å². The molecule has 162 valence electrons. The first kappa shape index (κ1) is 21.9. The Morgan fingerprint density at radius 1 is 1.10 bits per heavy atom. The second kappa shape index (κ2) is 8.49. The van der Waals surface area contributed by atoms with Crippen molar-refractivity contribution in [3.8, 4) is 22.8 Å². The lowest BCUT2D eigenvalue weighted by atomic mass is 10.1. The average molecular weight is 422 g/mol. The molecule has 0 atom stereocenters. The van der Waals surface area contributed by atoms with Gasteiger partial charge in [-0.15, -0.1) is 13.2 Å². The third kappa shape index (κ3) is 4.20. The van der Waals surface area contributed by atoms with Gasteiger partial charge in [-0.25, -0.2) is 14.6 Å². The quantitative estimate of drug-likeness (QED) is 0.494. The minimum atomic E-state index is -4.78. The standard InChI is InChI=1S/C21H25F3N4O2/c1-6-13(7-2)28-20-18(12(4)27-28)26-19(16(8-3)25-20)15-10-9-14(11-17(15)29-5)30-21(22,23)24/h9-11,13H,6-8H2,1-5H3. The summed E-state index contributed by atoms with van der Waals surface area (Å²) in [5.41, 5.74) is 3.98. The summed E-state index contributed by atoms with van der Waals surface area (Å²) in [5, 5.41) is 4.65. The summed E-state index contributed by atoms with van der Waals surface area (Å²) in [4.78, 5) is 9.65. The summed E-state index contributed by atoms with van der Waals surface area (Å²) in [6.45, 7) is 8.05. The Bertz CT molecular complexity index is 1040. The van der Waals surface area contributed by atoms with Crippen LogP contribution in [-0.4, -0.2) is 33.2 Å². The highest BCUT2D eigenvalue weighted by atomic mass is 19.4. The molecule has 0 fully saturated rings. The van der Waals surface area contributed by atoms with Gasteiger partial charge in [0.25, 0.3) is 0 Å². The van der Waals surface area contributed by atoms with Crippen LogP contribution in [-0.2, 0) is 6.42 Å². The Labute approximate surface area is 173 Å². The normalized spacial score (nSPS) is 12.0. The SMILES string of the molecule is CCc1nc2c(nc1-c1ccc(OC(F)(F)F)cc1OC)c(C)nn2C(CC)CC. The number of fused-ring (bicyclic) bond motifs is 1. The van der Waals surface area contributed by atoms with E-state index in [1.54, 1.807) is 0 Å². The topological polar surface area (TPSA) is 62.1 Å². The number of halogens is 3. The van der Waals surface area contributed by atoms with Gasteiger partial charge in [-0.3, -0.25) is 0 Å². The predicted octanol–water partition coefficient (Wildman–Crippen LogP) is 5.63. The van der Waals surface area contributed by atoms with Crippen molar-refractivity contribution >= 4 is 11.2 Å². The molecular formula is C21H25F3N4O2. The van der Waals surface area contributed by atoms with Crippen LogP contribution >= 0.6 is 0 Å². The van der Waals surface area contributed by atoms with E-state index in [0.29, 0.717) is 23.2 Å². The maximum absolute atomic E-state index is 12.6. The Morgan fingerprint density at radius 2 is 1.80 bits per heavy atom. The molecule has 1 aromatic carbocycles. The summed E-state index contributed by atoms with van der Waals surface area (Å²) in [7, 11) is 1.39. The van der Waals surface area contributed by atoms with Crippen LogP contribution in [0.2, 0.25) is 0 Å². The van der Waals surface area contributed by atoms with Crippen molar-refractivity contribution in [2.24, 2.45) is 0 Å². The Kier molecular flexibility index (Phi) is 6.19. The van der Waals surface area contributed by atoms with E-state index in [1.807, 2.05) is 18.5 Å². The number of nitrogens with zero attached hydrogens (tertiary/aromatic N) is 4. The minimum Gasteiger partial charge on any atom is -0.496 e. The average Bonchev–Trinajstić information content (AvgIpc) is 3.02. The maximum atomic E-state index is 12.6. The number of aryl methyl sites for hydroxylation is 2. The largest absolute Gasteiger partial charge is 0.573 e. The fourth-order valence-corrected chi connectivity index (χ4v) is 3.53. The number of rotatable bonds is 7. The van der Waals surface area contributed by atoms with E-state index in [9.17, 15) is 13.2 Å². The van der Waals surface area contributed by atoms with Gasteiger partial charge in [0.15, 0.2) is 5.65 Å². The lowest BCUT2D eigenvalue weighted by Crippen LogP contribution is -2.17. The highest BCUT2D eigenvalue weighted by Crippen LogP contribution is 2.37. The number of methoxy groups -OCH3 is 1. The molecule has 0 radical (unpaired) electrons. The first-order chi connectivity index (χ1) is 14.2. The molecule has 3 aromatic rings. The van der Waals surface area contributed by atoms with Crippen LogP contribution in [0.5, 0.6) is 11.5 Å². The summed E-state index contributed by atoms with van der Waals surface area (Å²) < 4.78 is 49.0. The van der Waals surface area contributed by atoms with Crippen LogP contribution in [0.15, 0.2) is 18.2 Å². The molecule has 30 heavy (non-hydrogen) atoms. The van der Waals surface area contributed by atoms with Crippen molar-refractivity contribution in [1.29, 1.82) is 0 Å². The van der Waals surface area contributed by atoms with Gasteiger partial charge >= 0.3 is 6.36 Å². The summed E-state index contributed by atoms with van der Waals surface area (Å²) >= 11 is 0. The lowest BCUT2D eigenvalue weighted by Gasteiger charge is -2.16. The smallest absolute Gasteiger partial charge is 0.496 e. The monoisotopic (exact) mass is 422 g/mol. The number of alkyl halides is 3. The van der Waals surface area contributed by atoms with E-state index < -0.39 is 6.36 Å². The Balaban J connectivity index is 2.17. The van der Waals surface area contributed by atoms with E-state index in [-0.39, 0.29) is 17.5 Å². The molecule has 6 nitrogen and oxygen atoms in total. The number of benzene rings is 1. The zero-order valence-electron chi connectivity index (χ0n) is 17.7. The maximum Gasteiger partial charge on any atom is 0.573 e. The predicted molar refractivity (Wildman–Crippen MR) is 108 cm³/mol. The molecule has 0 amide bonds. The lowest BCUT2D eigenvalue weighted by molar-refractivity contribution is -0.274. The zero-order chi connectivity index (χ0) is 22.1. The van der Waals surface area contributed by atoms with Crippen LogP contribution in [0.1, 0.15) is 51.0 Å². The number of hydrogen-bond acceptors (Lipinski definition) is 5. The molecule has 0 aliphatic heterocycles. The Hall–Kier alpha value is -2.84. The second-order valence-corrected chi connectivity index (χ2v) is 6.95. The number of aromatic nitrogens is 4. The van der Waals surface area contributed by atoms with Crippen molar-refractivity contribution in [2.45, 2.75) is 59.4 Å². The molecule has 9 heteroatoms. The summed E-state index contributed by atoms with van der Waals surface area (Å²) in [6.07, 6.45) is -2.34. The highest BCUT2D eigenvalue weighted by molar-refractivity contribution is 5.80. The van der Waals surface area contributed by atoms with Gasteiger partial charge in [0.1, 0.15) is 17.0 Å². The molecule has 0 N–H and O–H groups in total. The third-order valence-electron chi connectivity index (χ3n) is 5.05. The van der Waals surface area contributed by atoms with Gasteiger partial charge in [0.2, 0.25) is 0 Å². The fraction of sp³-hybridized carbons (Fsp3) is 0.476. The molecule has 0 bridgehead atoms. The Morgan fingerprint density at radius 3 is 2.37 bits per heavy atom. The molecular weight excluding hydrogens is 397 g/mol. The number of hydrogen-bond donors (Lipinski definition) is 0. The van der Waals surface area contributed by atoms with Crippen molar-refractivity contribution < 1.29 is 22.6 Å². The molecule has 3 rings (SSSR count). The molecule has 0 aliphatic carbocycles.